The molecule has 14 rings (SSSR count). The Labute approximate surface area is 647 Å². The largest absolute Gasteiger partial charge is 0.478 e. The molecule has 4 aliphatic heterocycles. The fourth-order valence-corrected chi connectivity index (χ4v) is 15.2. The number of amides is 1. The molecule has 0 radical (unpaired) electrons. The van der Waals surface area contributed by atoms with Gasteiger partial charge in [-0.3, -0.25) is 14.5 Å². The molecule has 8 aromatic carbocycles. The predicted molar refractivity (Wildman–Crippen MR) is 453 cm³/mol. The Hall–Kier alpha value is -11.7. The maximum absolute atomic E-state index is 14.4. The van der Waals surface area contributed by atoms with E-state index in [1.54, 1.807) is 24.3 Å². The van der Waals surface area contributed by atoms with Crippen molar-refractivity contribution >= 4 is 84.8 Å². The third-order valence-corrected chi connectivity index (χ3v) is 21.0. The molecule has 2 aliphatic carbocycles. The number of hydrogen-bond donors (Lipinski definition) is 2. The van der Waals surface area contributed by atoms with E-state index in [2.05, 4.69) is 202 Å². The standard InChI is InChI=1S/C34H36N4O2.C27H28ClN2O2.C27H28N2O3.C2H3N.2CH4/c1-5-36(6-2)23-17-19-27-31(21-23)40-32-22-24(37(7-3)8-4)18-20-28(32)34(27)26-14-10-9-13-25(26)33(39)38(34)30-16-12-11-15-29(30)35;1-5-29(4)18-12-14-22-24(16-18)32-25-17-19(30(6-2)7-3)13-15-23(25)26(22)20-10-8-9-11-21(20)27(28)31;1-5-28(4)18-12-14-22-24(16-18)32-25-17-19(29(6-2)7-3)13-15-23(25)26(22)20-10-8-9-11-21(20)27(30)31;1-2-3;;/h9-22H,5-8,35H2,1-4H3;2*8-17H,5-7H2,1-4H3;1H3;2*1H4/q;+1;;;;/p+1. The van der Waals surface area contributed by atoms with E-state index in [1.165, 1.54) is 6.92 Å². The summed E-state index contributed by atoms with van der Waals surface area (Å²) in [5.74, 6) is 1.99. The number of nitriles is 1. The third-order valence-electron chi connectivity index (χ3n) is 20.8. The van der Waals surface area contributed by atoms with Crippen LogP contribution in [0.25, 0.3) is 66.8 Å². The molecule has 17 heteroatoms. The number of aromatic carboxylic acids is 1. The minimum absolute atomic E-state index is 0. The lowest BCUT2D eigenvalue weighted by molar-refractivity contribution is 0.0697. The zero-order valence-corrected chi connectivity index (χ0v) is 64.4. The number of hydrogen-bond acceptors (Lipinski definition) is 12. The monoisotopic (exact) mass is 1480 g/mol. The van der Waals surface area contributed by atoms with Crippen molar-refractivity contribution < 1.29 is 33.1 Å². The van der Waals surface area contributed by atoms with E-state index in [-0.39, 0.29) is 26.3 Å². The Balaban J connectivity index is 0.000000185. The van der Waals surface area contributed by atoms with Crippen molar-refractivity contribution in [1.29, 1.82) is 5.26 Å². The number of nitrogens with zero attached hydrogens (tertiary/aromatic N) is 8. The minimum Gasteiger partial charge on any atom is -0.478 e. The molecule has 564 valence electrons. The van der Waals surface area contributed by atoms with E-state index >= 15 is 0 Å². The number of ether oxygens (including phenoxy) is 1. The van der Waals surface area contributed by atoms with Gasteiger partial charge in [0.15, 0.2) is 0 Å². The van der Waals surface area contributed by atoms with E-state index in [0.717, 1.165) is 188 Å². The molecule has 16 nitrogen and oxygen atoms in total. The van der Waals surface area contributed by atoms with E-state index in [9.17, 15) is 19.5 Å². The third kappa shape index (κ3) is 15.6. The molecule has 4 heterocycles. The van der Waals surface area contributed by atoms with Gasteiger partial charge in [0.2, 0.25) is 10.7 Å². The lowest BCUT2D eigenvalue weighted by Gasteiger charge is -2.45. The number of halogens is 1. The molecule has 0 saturated carbocycles. The number of carbonyl (C=O) groups excluding carboxylic acids is 2. The molecule has 3 N–H and O–H groups in total. The summed E-state index contributed by atoms with van der Waals surface area (Å²) in [5, 5.41) is 20.7. The van der Waals surface area contributed by atoms with Gasteiger partial charge >= 0.3 is 5.97 Å². The summed E-state index contributed by atoms with van der Waals surface area (Å²) in [6.45, 7) is 31.8. The van der Waals surface area contributed by atoms with Crippen LogP contribution in [0.15, 0.2) is 215 Å². The average Bonchev–Trinajstić information content (AvgIpc) is 1.55. The van der Waals surface area contributed by atoms with Gasteiger partial charge in [-0.2, -0.15) is 5.26 Å². The van der Waals surface area contributed by atoms with E-state index in [0.29, 0.717) is 28.1 Å². The fourth-order valence-electron chi connectivity index (χ4n) is 15.0. The van der Waals surface area contributed by atoms with Gasteiger partial charge in [0, 0.05) is 179 Å². The summed E-state index contributed by atoms with van der Waals surface area (Å²) < 4.78 is 24.0. The lowest BCUT2D eigenvalue weighted by atomic mass is 9.74. The first-order valence-electron chi connectivity index (χ1n) is 37.1. The van der Waals surface area contributed by atoms with Gasteiger partial charge in [0.1, 0.15) is 66.9 Å². The van der Waals surface area contributed by atoms with Crippen LogP contribution in [-0.2, 0) is 5.54 Å². The predicted octanol–water partition coefficient (Wildman–Crippen LogP) is 19.8. The molecule has 0 atom stereocenters. The van der Waals surface area contributed by atoms with Crippen LogP contribution in [0.5, 0.6) is 11.5 Å². The van der Waals surface area contributed by atoms with Crippen molar-refractivity contribution in [3.05, 3.63) is 250 Å². The van der Waals surface area contributed by atoms with Crippen LogP contribution >= 0.6 is 11.6 Å². The minimum atomic E-state index is -0.949. The smallest absolute Gasteiger partial charge is 0.336 e. The van der Waals surface area contributed by atoms with Crippen LogP contribution in [0.1, 0.15) is 139 Å². The maximum Gasteiger partial charge on any atom is 0.336 e. The van der Waals surface area contributed by atoms with Crippen molar-refractivity contribution in [2.45, 2.75) is 96.6 Å². The van der Waals surface area contributed by atoms with Gasteiger partial charge in [-0.05, 0) is 171 Å². The Morgan fingerprint density at radius 2 is 0.862 bits per heavy atom. The van der Waals surface area contributed by atoms with Crippen molar-refractivity contribution in [2.75, 3.05) is 110 Å². The number of carboxylic acids is 1. The number of carbonyl (C=O) groups is 3. The molecule has 1 spiro atoms. The quantitative estimate of drug-likeness (QED) is 0.0338. The van der Waals surface area contributed by atoms with Crippen LogP contribution in [0, 0.1) is 11.3 Å². The topological polar surface area (TPSA) is 179 Å². The average molecular weight is 1480 g/mol. The highest BCUT2D eigenvalue weighted by atomic mass is 35.5. The Morgan fingerprint density at radius 3 is 1.28 bits per heavy atom. The number of carboxylic acid groups (broad SMARTS) is 1. The summed E-state index contributed by atoms with van der Waals surface area (Å²) in [6.07, 6.45) is 0. The number of nitrogens with two attached hydrogens (primary N) is 1. The molecule has 8 aromatic rings. The van der Waals surface area contributed by atoms with Gasteiger partial charge in [0.05, 0.1) is 35.1 Å². The fraction of sp³-hybridized carbons (Fsp3) is 0.283. The van der Waals surface area contributed by atoms with Crippen molar-refractivity contribution in [2.24, 2.45) is 0 Å². The van der Waals surface area contributed by atoms with Gasteiger partial charge in [-0.25, -0.2) is 13.9 Å². The van der Waals surface area contributed by atoms with Crippen LogP contribution in [0.2, 0.25) is 0 Å². The van der Waals surface area contributed by atoms with Gasteiger partial charge in [-0.1, -0.05) is 93.7 Å². The van der Waals surface area contributed by atoms with Gasteiger partial charge < -0.3 is 44.0 Å². The molecule has 0 bridgehead atoms. The molecule has 1 amide bonds. The molecular formula is C92H104ClN9O7+2. The molecule has 0 unspecified atom stereocenters. The van der Waals surface area contributed by atoms with E-state index < -0.39 is 16.8 Å². The Bertz CT molecular complexity index is 5140. The van der Waals surface area contributed by atoms with Gasteiger partial charge in [0.25, 0.3) is 11.1 Å². The van der Waals surface area contributed by atoms with Crippen LogP contribution in [0.3, 0.4) is 0 Å². The van der Waals surface area contributed by atoms with Crippen molar-refractivity contribution in [1.82, 2.24) is 9.15 Å². The Morgan fingerprint density at radius 1 is 0.486 bits per heavy atom. The highest BCUT2D eigenvalue weighted by Gasteiger charge is 2.57. The zero-order valence-electron chi connectivity index (χ0n) is 63.6. The molecular weight excluding hydrogens is 1380 g/mol. The summed E-state index contributed by atoms with van der Waals surface area (Å²) in [6, 6.07) is 69.6. The van der Waals surface area contributed by atoms with Crippen molar-refractivity contribution in [3.63, 3.8) is 0 Å². The normalized spacial score (nSPS) is 12.6. The Kier molecular flexibility index (Phi) is 26.8. The summed E-state index contributed by atoms with van der Waals surface area (Å²) >= 11 is 5.97. The second-order valence-electron chi connectivity index (χ2n) is 26.2. The molecule has 0 saturated heterocycles. The molecule has 0 aromatic heterocycles. The van der Waals surface area contributed by atoms with E-state index in [1.807, 2.05) is 103 Å². The first-order chi connectivity index (χ1) is 51.9. The second-order valence-corrected chi connectivity index (χ2v) is 26.5. The maximum atomic E-state index is 14.4. The first-order valence-corrected chi connectivity index (χ1v) is 37.5. The van der Waals surface area contributed by atoms with Gasteiger partial charge in [-0.15, -0.1) is 0 Å². The van der Waals surface area contributed by atoms with Crippen LogP contribution < -0.4 is 54.8 Å². The van der Waals surface area contributed by atoms with Crippen molar-refractivity contribution in [3.8, 4) is 62.5 Å². The lowest BCUT2D eigenvalue weighted by Crippen LogP contribution is -2.48. The number of anilines is 6. The first kappa shape index (κ1) is 81.4. The number of nitrogen functional groups attached to an aromatic ring is 1. The molecule has 109 heavy (non-hydrogen) atoms. The summed E-state index contributed by atoms with van der Waals surface area (Å²) in [4.78, 5) is 49.7. The molecule has 0 fully saturated rings. The number of benzene rings is 10. The number of fused-ring (bicyclic) bond motifs is 10. The zero-order chi connectivity index (χ0) is 76.4. The van der Waals surface area contributed by atoms with Crippen LogP contribution in [-0.4, -0.2) is 102 Å². The summed E-state index contributed by atoms with van der Waals surface area (Å²) in [5.41, 5.74) is 22.2. The summed E-state index contributed by atoms with van der Waals surface area (Å²) in [7, 11) is 4.10. The highest BCUT2D eigenvalue weighted by Crippen LogP contribution is 2.60. The highest BCUT2D eigenvalue weighted by molar-refractivity contribution is 6.68. The number of rotatable bonds is 19. The number of para-hydroxylation sites is 2. The second kappa shape index (κ2) is 35.8. The SMILES string of the molecule is C.C.CC#N.CCN(CC)c1ccc2c(-c3ccccc3C(=O)Cl)c3ccc(=[N+](C)CC)cc-3oc2c1.CCN(CC)c1ccc2c(-c3ccccc3C(=O)O)c3ccc(=[N+](C)CC)cc-3oc2c1.CCN(CC)c1ccc2c(c1)Oc1cc(N(CC)CC)ccc1C21c2ccccc2C(=O)N1c1ccccc1N. The van der Waals surface area contributed by atoms with E-state index in [4.69, 9.17) is 36.2 Å². The molecule has 6 aliphatic rings. The van der Waals surface area contributed by atoms with Crippen LogP contribution in [0.4, 0.5) is 34.1 Å².